The smallest absolute Gasteiger partial charge is 0.289 e. The zero-order chi connectivity index (χ0) is 25.0. The molecule has 10 heteroatoms. The molecular formula is C25H29N3O7. The number of amides is 4. The Hall–Kier alpha value is -3.66. The molecule has 1 aromatic heterocycles. The fourth-order valence-electron chi connectivity index (χ4n) is 4.78. The van der Waals surface area contributed by atoms with Crippen molar-refractivity contribution in [2.24, 2.45) is 0 Å². The van der Waals surface area contributed by atoms with Crippen LogP contribution in [0.1, 0.15) is 29.0 Å². The molecule has 0 aliphatic carbocycles. The molecule has 35 heavy (non-hydrogen) atoms. The summed E-state index contributed by atoms with van der Waals surface area (Å²) < 4.78 is 15.8. The number of carbonyl (C=O) groups is 4. The molecule has 2 aliphatic heterocycles. The molecule has 4 amide bonds. The summed E-state index contributed by atoms with van der Waals surface area (Å²) in [5, 5.41) is 0. The van der Waals surface area contributed by atoms with Gasteiger partial charge in [-0.15, -0.1) is 0 Å². The van der Waals surface area contributed by atoms with Crippen molar-refractivity contribution in [2.75, 3.05) is 53.6 Å². The molecule has 1 atom stereocenters. The number of hydrogen-bond donors (Lipinski definition) is 0. The molecule has 3 heterocycles. The van der Waals surface area contributed by atoms with Gasteiger partial charge in [-0.3, -0.25) is 24.1 Å². The number of hydrogen-bond acceptors (Lipinski definition) is 7. The second kappa shape index (κ2) is 10.3. The molecule has 0 unspecified atom stereocenters. The number of methoxy groups -OCH3 is 2. The van der Waals surface area contributed by atoms with Crippen LogP contribution in [0.2, 0.25) is 0 Å². The fraction of sp³-hybridized carbons (Fsp3) is 0.440. The summed E-state index contributed by atoms with van der Waals surface area (Å²) in [6.45, 7) is 1.66. The summed E-state index contributed by atoms with van der Waals surface area (Å²) in [5.41, 5.74) is -0.851. The van der Waals surface area contributed by atoms with E-state index >= 15 is 0 Å². The maximum absolute atomic E-state index is 13.7. The van der Waals surface area contributed by atoms with Crippen molar-refractivity contribution in [3.63, 3.8) is 0 Å². The van der Waals surface area contributed by atoms with E-state index in [1.807, 2.05) is 0 Å². The number of para-hydroxylation sites is 1. The highest BCUT2D eigenvalue weighted by Crippen LogP contribution is 2.44. The first-order chi connectivity index (χ1) is 16.9. The highest BCUT2D eigenvalue weighted by atomic mass is 16.5. The van der Waals surface area contributed by atoms with Crippen LogP contribution in [-0.4, -0.2) is 91.9 Å². The second-order valence-corrected chi connectivity index (χ2v) is 8.63. The maximum Gasteiger partial charge on any atom is 0.289 e. The van der Waals surface area contributed by atoms with Gasteiger partial charge in [-0.25, -0.2) is 0 Å². The number of carbonyl (C=O) groups excluding carboxylic acids is 4. The van der Waals surface area contributed by atoms with Crippen molar-refractivity contribution in [1.29, 1.82) is 0 Å². The number of imide groups is 1. The number of likely N-dealkylation sites (tertiary alicyclic amines) is 1. The van der Waals surface area contributed by atoms with E-state index in [1.54, 1.807) is 46.2 Å². The highest BCUT2D eigenvalue weighted by molar-refractivity contribution is 6.11. The Morgan fingerprint density at radius 3 is 2.37 bits per heavy atom. The van der Waals surface area contributed by atoms with Crippen molar-refractivity contribution in [1.82, 2.24) is 14.7 Å². The van der Waals surface area contributed by atoms with Crippen LogP contribution in [0, 0.1) is 0 Å². The number of ether oxygens (including phenoxy) is 2. The van der Waals surface area contributed by atoms with Crippen molar-refractivity contribution >= 4 is 23.6 Å². The molecule has 10 nitrogen and oxygen atoms in total. The number of nitrogens with zero attached hydrogens (tertiary/aromatic N) is 3. The zero-order valence-corrected chi connectivity index (χ0v) is 19.9. The minimum absolute atomic E-state index is 0.118. The Balaban J connectivity index is 1.54. The van der Waals surface area contributed by atoms with E-state index in [9.17, 15) is 19.2 Å². The molecule has 0 bridgehead atoms. The van der Waals surface area contributed by atoms with Gasteiger partial charge in [0.2, 0.25) is 17.7 Å². The lowest BCUT2D eigenvalue weighted by atomic mass is 9.75. The normalized spacial score (nSPS) is 20.5. The molecule has 0 N–H and O–H groups in total. The van der Waals surface area contributed by atoms with Crippen LogP contribution in [0.15, 0.2) is 47.1 Å². The molecule has 0 spiro atoms. The summed E-state index contributed by atoms with van der Waals surface area (Å²) in [6.07, 6.45) is 1.15. The van der Waals surface area contributed by atoms with Crippen molar-refractivity contribution in [3.8, 4) is 5.75 Å². The third kappa shape index (κ3) is 4.66. The van der Waals surface area contributed by atoms with Crippen LogP contribution < -0.4 is 4.74 Å². The SMILES string of the molecule is COCCN1C(=O)C[C@@](CC(=O)N2CCN(C(=O)c3ccco3)CC2)(c2ccccc2OC)C1=O. The van der Waals surface area contributed by atoms with Crippen LogP contribution in [0.4, 0.5) is 0 Å². The van der Waals surface area contributed by atoms with E-state index in [-0.39, 0.29) is 49.5 Å². The Morgan fingerprint density at radius 1 is 1.00 bits per heavy atom. The Bertz CT molecular complexity index is 1090. The number of piperazine rings is 1. The topological polar surface area (TPSA) is 110 Å². The van der Waals surface area contributed by atoms with E-state index in [1.165, 1.54) is 25.4 Å². The summed E-state index contributed by atoms with van der Waals surface area (Å²) in [7, 11) is 2.99. The maximum atomic E-state index is 13.7. The number of rotatable bonds is 8. The largest absolute Gasteiger partial charge is 0.496 e. The molecule has 2 aromatic rings. The third-order valence-electron chi connectivity index (χ3n) is 6.65. The molecule has 2 fully saturated rings. The summed E-state index contributed by atoms with van der Waals surface area (Å²) in [4.78, 5) is 57.0. The van der Waals surface area contributed by atoms with E-state index in [2.05, 4.69) is 0 Å². The van der Waals surface area contributed by atoms with Crippen LogP contribution in [0.3, 0.4) is 0 Å². The van der Waals surface area contributed by atoms with E-state index in [0.29, 0.717) is 37.5 Å². The average molecular weight is 484 g/mol. The fourth-order valence-corrected chi connectivity index (χ4v) is 4.78. The highest BCUT2D eigenvalue weighted by Gasteiger charge is 2.55. The van der Waals surface area contributed by atoms with Gasteiger partial charge in [0.15, 0.2) is 5.76 Å². The van der Waals surface area contributed by atoms with Crippen LogP contribution in [0.5, 0.6) is 5.75 Å². The molecule has 186 valence electrons. The lowest BCUT2D eigenvalue weighted by Crippen LogP contribution is -2.52. The van der Waals surface area contributed by atoms with Crippen molar-refractivity contribution < 1.29 is 33.1 Å². The van der Waals surface area contributed by atoms with Gasteiger partial charge >= 0.3 is 0 Å². The molecule has 0 saturated carbocycles. The molecule has 1 aromatic carbocycles. The Morgan fingerprint density at radius 2 is 1.71 bits per heavy atom. The first-order valence-corrected chi connectivity index (χ1v) is 11.5. The second-order valence-electron chi connectivity index (χ2n) is 8.63. The van der Waals surface area contributed by atoms with Gasteiger partial charge in [0.05, 0.1) is 31.9 Å². The average Bonchev–Trinajstić information content (AvgIpc) is 3.50. The summed E-state index contributed by atoms with van der Waals surface area (Å²) in [5.74, 6) is -0.549. The lowest BCUT2D eigenvalue weighted by molar-refractivity contribution is -0.143. The monoisotopic (exact) mass is 483 g/mol. The van der Waals surface area contributed by atoms with Gasteiger partial charge < -0.3 is 23.7 Å². The van der Waals surface area contributed by atoms with Gasteiger partial charge in [0.25, 0.3) is 5.91 Å². The molecule has 2 aliphatic rings. The minimum Gasteiger partial charge on any atom is -0.496 e. The zero-order valence-electron chi connectivity index (χ0n) is 19.9. The number of benzene rings is 1. The number of furan rings is 1. The van der Waals surface area contributed by atoms with E-state index in [0.717, 1.165) is 0 Å². The Labute approximate surface area is 203 Å². The molecule has 0 radical (unpaired) electrons. The lowest BCUT2D eigenvalue weighted by Gasteiger charge is -2.36. The van der Waals surface area contributed by atoms with E-state index < -0.39 is 11.3 Å². The minimum atomic E-state index is -1.37. The van der Waals surface area contributed by atoms with Crippen molar-refractivity contribution in [3.05, 3.63) is 54.0 Å². The molecule has 4 rings (SSSR count). The van der Waals surface area contributed by atoms with Crippen molar-refractivity contribution in [2.45, 2.75) is 18.3 Å². The molecular weight excluding hydrogens is 454 g/mol. The first kappa shape index (κ1) is 24.5. The standard InChI is InChI=1S/C25H29N3O7/c1-33-15-13-28-22(30)17-25(24(28)32,18-6-3-4-7-19(18)34-2)16-21(29)26-9-11-27(12-10-26)23(31)20-8-5-14-35-20/h3-8,14H,9-13,15-17H2,1-2H3/t25-/m0/s1. The predicted molar refractivity (Wildman–Crippen MR) is 124 cm³/mol. The van der Waals surface area contributed by atoms with Gasteiger partial charge in [0, 0.05) is 51.7 Å². The predicted octanol–water partition coefficient (Wildman–Crippen LogP) is 1.31. The van der Waals surface area contributed by atoms with Crippen LogP contribution in [-0.2, 0) is 24.5 Å². The van der Waals surface area contributed by atoms with Crippen LogP contribution >= 0.6 is 0 Å². The van der Waals surface area contributed by atoms with Gasteiger partial charge in [-0.05, 0) is 18.2 Å². The Kier molecular flexibility index (Phi) is 7.20. The van der Waals surface area contributed by atoms with Gasteiger partial charge in [-0.1, -0.05) is 18.2 Å². The third-order valence-corrected chi connectivity index (χ3v) is 6.65. The summed E-state index contributed by atoms with van der Waals surface area (Å²) in [6, 6.07) is 10.2. The summed E-state index contributed by atoms with van der Waals surface area (Å²) >= 11 is 0. The van der Waals surface area contributed by atoms with Crippen LogP contribution in [0.25, 0.3) is 0 Å². The van der Waals surface area contributed by atoms with Gasteiger partial charge in [0.1, 0.15) is 5.75 Å². The van der Waals surface area contributed by atoms with E-state index in [4.69, 9.17) is 13.9 Å². The molecule has 2 saturated heterocycles. The van der Waals surface area contributed by atoms with Gasteiger partial charge in [-0.2, -0.15) is 0 Å². The first-order valence-electron chi connectivity index (χ1n) is 11.5. The quantitative estimate of drug-likeness (QED) is 0.521.